The number of benzene rings is 1. The highest BCUT2D eigenvalue weighted by molar-refractivity contribution is 5.92. The fourth-order valence-electron chi connectivity index (χ4n) is 2.50. The quantitative estimate of drug-likeness (QED) is 0.783. The molecule has 3 rings (SSSR count). The molecule has 1 aliphatic rings. The molecule has 0 radical (unpaired) electrons. The number of ketones is 1. The third kappa shape index (κ3) is 1.86. The summed E-state index contributed by atoms with van der Waals surface area (Å²) in [5.74, 6) is 0.372. The Morgan fingerprint density at radius 1 is 1.12 bits per heavy atom. The zero-order valence-electron chi connectivity index (χ0n) is 9.47. The number of nitrogens with zero attached hydrogens (tertiary/aromatic N) is 1. The van der Waals surface area contributed by atoms with E-state index in [0.29, 0.717) is 12.2 Å². The van der Waals surface area contributed by atoms with E-state index >= 15 is 0 Å². The minimum atomic E-state index is 0.0357. The summed E-state index contributed by atoms with van der Waals surface area (Å²) >= 11 is 0. The summed E-state index contributed by atoms with van der Waals surface area (Å²) in [6.45, 7) is 0. The maximum atomic E-state index is 12.0. The van der Waals surface area contributed by atoms with Gasteiger partial charge in [-0.3, -0.25) is 9.78 Å². The number of rotatable bonds is 2. The lowest BCUT2D eigenvalue weighted by Crippen LogP contribution is -2.09. The molecule has 1 atom stereocenters. The van der Waals surface area contributed by atoms with Crippen LogP contribution in [0.4, 0.5) is 0 Å². The average molecular weight is 223 g/mol. The zero-order valence-corrected chi connectivity index (χ0v) is 9.47. The maximum absolute atomic E-state index is 12.0. The van der Waals surface area contributed by atoms with Crippen molar-refractivity contribution in [3.05, 3.63) is 65.5 Å². The third-order valence-electron chi connectivity index (χ3n) is 3.37. The largest absolute Gasteiger partial charge is 0.299 e. The van der Waals surface area contributed by atoms with Crippen molar-refractivity contribution in [2.45, 2.75) is 18.8 Å². The van der Waals surface area contributed by atoms with Crippen LogP contribution in [0.3, 0.4) is 0 Å². The van der Waals surface area contributed by atoms with E-state index in [1.54, 1.807) is 12.4 Å². The van der Waals surface area contributed by atoms with Crippen LogP contribution in [0.15, 0.2) is 48.8 Å². The highest BCUT2D eigenvalue weighted by Crippen LogP contribution is 2.32. The molecule has 0 amide bonds. The van der Waals surface area contributed by atoms with Crippen molar-refractivity contribution in [1.29, 1.82) is 0 Å². The van der Waals surface area contributed by atoms with E-state index in [2.05, 4.69) is 17.1 Å². The number of Topliss-reactive ketones (excluding diaryl/α,β-unsaturated/α-hetero) is 1. The van der Waals surface area contributed by atoms with Gasteiger partial charge in [-0.2, -0.15) is 0 Å². The van der Waals surface area contributed by atoms with Crippen molar-refractivity contribution in [3.8, 4) is 0 Å². The molecule has 17 heavy (non-hydrogen) atoms. The number of fused-ring (bicyclic) bond motifs is 1. The summed E-state index contributed by atoms with van der Waals surface area (Å²) in [6.07, 6.45) is 4.94. The van der Waals surface area contributed by atoms with Gasteiger partial charge in [0.2, 0.25) is 0 Å². The average Bonchev–Trinajstić information content (AvgIpc) is 2.68. The number of carbonyl (C=O) groups excluding carboxylic acids is 1. The second-order valence-electron chi connectivity index (χ2n) is 4.45. The third-order valence-corrected chi connectivity index (χ3v) is 3.37. The Bertz CT molecular complexity index is 548. The van der Waals surface area contributed by atoms with E-state index in [-0.39, 0.29) is 5.92 Å². The number of hydrogen-bond donors (Lipinski definition) is 0. The lowest BCUT2D eigenvalue weighted by atomic mass is 9.93. The standard InChI is InChI=1S/C15H13NO/c17-15-10-12-3-1-2-4-13(12)14(15)9-11-5-7-16-8-6-11/h1-8,14H,9-10H2. The minimum absolute atomic E-state index is 0.0357. The highest BCUT2D eigenvalue weighted by Gasteiger charge is 2.29. The van der Waals surface area contributed by atoms with Crippen LogP contribution in [-0.4, -0.2) is 10.8 Å². The van der Waals surface area contributed by atoms with E-state index in [9.17, 15) is 4.79 Å². The Morgan fingerprint density at radius 2 is 1.88 bits per heavy atom. The molecule has 0 fully saturated rings. The van der Waals surface area contributed by atoms with Crippen molar-refractivity contribution in [2.24, 2.45) is 0 Å². The summed E-state index contributed by atoms with van der Waals surface area (Å²) in [4.78, 5) is 16.0. The SMILES string of the molecule is O=C1Cc2ccccc2C1Cc1ccncc1. The molecule has 0 aliphatic heterocycles. The van der Waals surface area contributed by atoms with E-state index < -0.39 is 0 Å². The van der Waals surface area contributed by atoms with Crippen LogP contribution in [0.25, 0.3) is 0 Å². The second-order valence-corrected chi connectivity index (χ2v) is 4.45. The topological polar surface area (TPSA) is 30.0 Å². The highest BCUT2D eigenvalue weighted by atomic mass is 16.1. The number of carbonyl (C=O) groups is 1. The Labute approximate surface area is 100 Å². The van der Waals surface area contributed by atoms with Gasteiger partial charge in [0.1, 0.15) is 5.78 Å². The van der Waals surface area contributed by atoms with Crippen LogP contribution < -0.4 is 0 Å². The smallest absolute Gasteiger partial charge is 0.145 e. The van der Waals surface area contributed by atoms with Crippen molar-refractivity contribution >= 4 is 5.78 Å². The second kappa shape index (κ2) is 4.13. The molecule has 2 heteroatoms. The van der Waals surface area contributed by atoms with Gasteiger partial charge in [0.25, 0.3) is 0 Å². The first kappa shape index (κ1) is 10.2. The molecule has 1 aliphatic carbocycles. The summed E-state index contributed by atoms with van der Waals surface area (Å²) in [5.41, 5.74) is 3.57. The van der Waals surface area contributed by atoms with Crippen LogP contribution in [0.2, 0.25) is 0 Å². The summed E-state index contributed by atoms with van der Waals surface area (Å²) in [6, 6.07) is 12.1. The fourth-order valence-corrected chi connectivity index (χ4v) is 2.50. The van der Waals surface area contributed by atoms with Crippen LogP contribution in [0.5, 0.6) is 0 Å². The predicted octanol–water partition coefficient (Wildman–Crippen LogP) is 2.53. The van der Waals surface area contributed by atoms with Crippen molar-refractivity contribution in [2.75, 3.05) is 0 Å². The van der Waals surface area contributed by atoms with Crippen LogP contribution in [-0.2, 0) is 17.6 Å². The van der Waals surface area contributed by atoms with Gasteiger partial charge in [0.05, 0.1) is 0 Å². The Morgan fingerprint density at radius 3 is 2.71 bits per heavy atom. The number of aromatic nitrogens is 1. The minimum Gasteiger partial charge on any atom is -0.299 e. The van der Waals surface area contributed by atoms with Crippen LogP contribution in [0, 0.1) is 0 Å². The van der Waals surface area contributed by atoms with E-state index in [1.165, 1.54) is 16.7 Å². The van der Waals surface area contributed by atoms with Crippen LogP contribution in [0.1, 0.15) is 22.6 Å². The molecular formula is C15H13NO. The molecule has 0 saturated carbocycles. The maximum Gasteiger partial charge on any atom is 0.145 e. The molecule has 2 nitrogen and oxygen atoms in total. The van der Waals surface area contributed by atoms with Gasteiger partial charge in [0, 0.05) is 24.7 Å². The predicted molar refractivity (Wildman–Crippen MR) is 65.8 cm³/mol. The molecule has 2 aromatic rings. The van der Waals surface area contributed by atoms with E-state index in [1.807, 2.05) is 24.3 Å². The molecular weight excluding hydrogens is 210 g/mol. The molecule has 1 heterocycles. The molecule has 1 aromatic heterocycles. The Balaban J connectivity index is 1.92. The van der Waals surface area contributed by atoms with Crippen molar-refractivity contribution in [1.82, 2.24) is 4.98 Å². The van der Waals surface area contributed by atoms with Gasteiger partial charge < -0.3 is 0 Å². The Kier molecular flexibility index (Phi) is 2.48. The lowest BCUT2D eigenvalue weighted by molar-refractivity contribution is -0.119. The lowest BCUT2D eigenvalue weighted by Gasteiger charge is -2.09. The number of pyridine rings is 1. The normalized spacial score (nSPS) is 18.1. The van der Waals surface area contributed by atoms with Gasteiger partial charge in [-0.05, 0) is 35.2 Å². The molecule has 0 N–H and O–H groups in total. The van der Waals surface area contributed by atoms with E-state index in [4.69, 9.17) is 0 Å². The molecule has 84 valence electrons. The summed E-state index contributed by atoms with van der Waals surface area (Å²) in [5, 5.41) is 0. The Hall–Kier alpha value is -1.96. The van der Waals surface area contributed by atoms with Crippen LogP contribution >= 0.6 is 0 Å². The monoisotopic (exact) mass is 223 g/mol. The zero-order chi connectivity index (χ0) is 11.7. The van der Waals surface area contributed by atoms with Gasteiger partial charge in [-0.1, -0.05) is 24.3 Å². The number of hydrogen-bond acceptors (Lipinski definition) is 2. The molecule has 0 saturated heterocycles. The van der Waals surface area contributed by atoms with Gasteiger partial charge >= 0.3 is 0 Å². The summed E-state index contributed by atoms with van der Waals surface area (Å²) in [7, 11) is 0. The summed E-state index contributed by atoms with van der Waals surface area (Å²) < 4.78 is 0. The molecule has 1 unspecified atom stereocenters. The van der Waals surface area contributed by atoms with Gasteiger partial charge in [-0.25, -0.2) is 0 Å². The van der Waals surface area contributed by atoms with Crippen molar-refractivity contribution < 1.29 is 4.79 Å². The van der Waals surface area contributed by atoms with E-state index in [0.717, 1.165) is 6.42 Å². The first-order valence-electron chi connectivity index (χ1n) is 5.84. The van der Waals surface area contributed by atoms with Gasteiger partial charge in [0.15, 0.2) is 0 Å². The fraction of sp³-hybridized carbons (Fsp3) is 0.200. The first-order chi connectivity index (χ1) is 8.34. The molecule has 1 aromatic carbocycles. The molecule has 0 spiro atoms. The van der Waals surface area contributed by atoms with Gasteiger partial charge in [-0.15, -0.1) is 0 Å². The van der Waals surface area contributed by atoms with Crippen molar-refractivity contribution in [3.63, 3.8) is 0 Å². The first-order valence-corrected chi connectivity index (χ1v) is 5.84. The molecule has 0 bridgehead atoms.